The smallest absolute Gasteiger partial charge is 0.287 e. The second-order valence-electron chi connectivity index (χ2n) is 5.08. The van der Waals surface area contributed by atoms with Gasteiger partial charge in [-0.2, -0.15) is 0 Å². The number of carbonyl (C=O) groups excluding carboxylic acids is 2. The average Bonchev–Trinajstić information content (AvgIpc) is 2.47. The first kappa shape index (κ1) is 16.4. The van der Waals surface area contributed by atoms with E-state index in [1.807, 2.05) is 30.3 Å². The number of rotatable bonds is 10. The van der Waals surface area contributed by atoms with Crippen LogP contribution in [0.3, 0.4) is 0 Å². The monoisotopic (exact) mass is 275 g/mol. The van der Waals surface area contributed by atoms with Gasteiger partial charge in [0.05, 0.1) is 0 Å². The Morgan fingerprint density at radius 1 is 1.00 bits per heavy atom. The van der Waals surface area contributed by atoms with Crippen LogP contribution in [0.15, 0.2) is 30.3 Å². The van der Waals surface area contributed by atoms with E-state index in [1.165, 1.54) is 18.4 Å². The van der Waals surface area contributed by atoms with Crippen LogP contribution in [0.1, 0.15) is 51.0 Å². The molecule has 0 heterocycles. The lowest BCUT2D eigenvalue weighted by Gasteiger charge is -2.04. The van der Waals surface area contributed by atoms with Crippen LogP contribution < -0.4 is 5.32 Å². The molecule has 3 heteroatoms. The number of carbonyl (C=O) groups is 2. The molecule has 1 rings (SSSR count). The van der Waals surface area contributed by atoms with Gasteiger partial charge in [-0.05, 0) is 18.4 Å². The van der Waals surface area contributed by atoms with Gasteiger partial charge in [0.2, 0.25) is 5.78 Å². The molecule has 3 nitrogen and oxygen atoms in total. The zero-order valence-electron chi connectivity index (χ0n) is 12.4. The van der Waals surface area contributed by atoms with Crippen molar-refractivity contribution in [3.8, 4) is 0 Å². The SMILES string of the molecule is CCCCCCCC(=O)C(=O)NCCc1ccccc1. The molecule has 0 aromatic heterocycles. The quantitative estimate of drug-likeness (QED) is 0.526. The van der Waals surface area contributed by atoms with Gasteiger partial charge in [-0.15, -0.1) is 0 Å². The van der Waals surface area contributed by atoms with Crippen molar-refractivity contribution in [1.29, 1.82) is 0 Å². The van der Waals surface area contributed by atoms with Crippen LogP contribution in [0.5, 0.6) is 0 Å². The summed E-state index contributed by atoms with van der Waals surface area (Å²) in [6.45, 7) is 2.68. The number of hydrogen-bond donors (Lipinski definition) is 1. The summed E-state index contributed by atoms with van der Waals surface area (Å²) < 4.78 is 0. The van der Waals surface area contributed by atoms with Crippen molar-refractivity contribution < 1.29 is 9.59 Å². The van der Waals surface area contributed by atoms with Crippen LogP contribution >= 0.6 is 0 Å². The lowest BCUT2D eigenvalue weighted by Crippen LogP contribution is -2.32. The fourth-order valence-electron chi connectivity index (χ4n) is 2.07. The lowest BCUT2D eigenvalue weighted by molar-refractivity contribution is -0.137. The van der Waals surface area contributed by atoms with Gasteiger partial charge in [-0.25, -0.2) is 0 Å². The molecule has 0 aliphatic heterocycles. The summed E-state index contributed by atoms with van der Waals surface area (Å²) in [6.07, 6.45) is 6.55. The minimum Gasteiger partial charge on any atom is -0.349 e. The molecular formula is C17H25NO2. The Bertz CT molecular complexity index is 401. The Morgan fingerprint density at radius 3 is 2.40 bits per heavy atom. The fourth-order valence-corrected chi connectivity index (χ4v) is 2.07. The van der Waals surface area contributed by atoms with Crippen LogP contribution in [0.25, 0.3) is 0 Å². The fraction of sp³-hybridized carbons (Fsp3) is 0.529. The van der Waals surface area contributed by atoms with Gasteiger partial charge < -0.3 is 5.32 Å². The number of ketones is 1. The van der Waals surface area contributed by atoms with E-state index in [-0.39, 0.29) is 5.78 Å². The Balaban J connectivity index is 2.11. The van der Waals surface area contributed by atoms with Crippen LogP contribution in [0.2, 0.25) is 0 Å². The highest BCUT2D eigenvalue weighted by molar-refractivity contribution is 6.36. The van der Waals surface area contributed by atoms with Crippen LogP contribution in [-0.2, 0) is 16.0 Å². The molecule has 0 fully saturated rings. The van der Waals surface area contributed by atoms with Gasteiger partial charge in [-0.3, -0.25) is 9.59 Å². The van der Waals surface area contributed by atoms with E-state index in [2.05, 4.69) is 12.2 Å². The second kappa shape index (κ2) is 10.2. The molecule has 1 aromatic rings. The first-order valence-corrected chi connectivity index (χ1v) is 7.59. The van der Waals surface area contributed by atoms with Gasteiger partial charge >= 0.3 is 0 Å². The first-order chi connectivity index (χ1) is 9.74. The van der Waals surface area contributed by atoms with Crippen molar-refractivity contribution in [3.63, 3.8) is 0 Å². The predicted octanol–water partition coefficient (Wildman–Crippen LogP) is 3.27. The van der Waals surface area contributed by atoms with Crippen LogP contribution in [0.4, 0.5) is 0 Å². The van der Waals surface area contributed by atoms with Crippen molar-refractivity contribution >= 4 is 11.7 Å². The van der Waals surface area contributed by atoms with Crippen molar-refractivity contribution in [2.24, 2.45) is 0 Å². The zero-order valence-corrected chi connectivity index (χ0v) is 12.4. The minimum atomic E-state index is -0.434. The molecule has 0 saturated heterocycles. The van der Waals surface area contributed by atoms with Crippen molar-refractivity contribution in [3.05, 3.63) is 35.9 Å². The van der Waals surface area contributed by atoms with E-state index in [1.54, 1.807) is 0 Å². The van der Waals surface area contributed by atoms with Crippen LogP contribution in [0, 0.1) is 0 Å². The summed E-state index contributed by atoms with van der Waals surface area (Å²) in [7, 11) is 0. The summed E-state index contributed by atoms with van der Waals surface area (Å²) in [4.78, 5) is 23.2. The largest absolute Gasteiger partial charge is 0.349 e. The molecule has 0 saturated carbocycles. The average molecular weight is 275 g/mol. The zero-order chi connectivity index (χ0) is 14.6. The van der Waals surface area contributed by atoms with Gasteiger partial charge in [0.15, 0.2) is 0 Å². The Labute approximate surface area is 121 Å². The van der Waals surface area contributed by atoms with Gasteiger partial charge in [0.25, 0.3) is 5.91 Å². The van der Waals surface area contributed by atoms with Gasteiger partial charge in [-0.1, -0.05) is 62.9 Å². The summed E-state index contributed by atoms with van der Waals surface area (Å²) in [5.41, 5.74) is 1.17. The van der Waals surface area contributed by atoms with E-state index in [9.17, 15) is 9.59 Å². The number of unbranched alkanes of at least 4 members (excludes halogenated alkanes) is 4. The van der Waals surface area contributed by atoms with Crippen molar-refractivity contribution in [2.75, 3.05) is 6.54 Å². The molecule has 1 N–H and O–H groups in total. The number of hydrogen-bond acceptors (Lipinski definition) is 2. The predicted molar refractivity (Wildman–Crippen MR) is 81.5 cm³/mol. The molecule has 20 heavy (non-hydrogen) atoms. The summed E-state index contributed by atoms with van der Waals surface area (Å²) in [5.74, 6) is -0.717. The van der Waals surface area contributed by atoms with Gasteiger partial charge in [0.1, 0.15) is 0 Å². The number of benzene rings is 1. The third-order valence-corrected chi connectivity index (χ3v) is 3.30. The van der Waals surface area contributed by atoms with E-state index in [4.69, 9.17) is 0 Å². The Hall–Kier alpha value is -1.64. The van der Waals surface area contributed by atoms with Crippen LogP contribution in [-0.4, -0.2) is 18.2 Å². The molecule has 110 valence electrons. The number of amides is 1. The maximum Gasteiger partial charge on any atom is 0.287 e. The first-order valence-electron chi connectivity index (χ1n) is 7.59. The van der Waals surface area contributed by atoms with E-state index in [0.29, 0.717) is 13.0 Å². The van der Waals surface area contributed by atoms with E-state index in [0.717, 1.165) is 25.7 Å². The molecule has 0 radical (unpaired) electrons. The third kappa shape index (κ3) is 7.07. The number of nitrogens with one attached hydrogen (secondary N) is 1. The third-order valence-electron chi connectivity index (χ3n) is 3.30. The molecule has 0 bridgehead atoms. The molecular weight excluding hydrogens is 250 g/mol. The van der Waals surface area contributed by atoms with Crippen molar-refractivity contribution in [1.82, 2.24) is 5.32 Å². The van der Waals surface area contributed by atoms with Gasteiger partial charge in [0, 0.05) is 13.0 Å². The summed E-state index contributed by atoms with van der Waals surface area (Å²) >= 11 is 0. The highest BCUT2D eigenvalue weighted by Crippen LogP contribution is 2.05. The Kier molecular flexibility index (Phi) is 8.36. The molecule has 0 unspecified atom stereocenters. The molecule has 0 aliphatic rings. The molecule has 0 atom stereocenters. The highest BCUT2D eigenvalue weighted by Gasteiger charge is 2.11. The molecule has 0 spiro atoms. The maximum atomic E-state index is 11.6. The number of Topliss-reactive ketones (excluding diaryl/α,β-unsaturated/α-hetero) is 1. The minimum absolute atomic E-state index is 0.283. The standard InChI is InChI=1S/C17H25NO2/c1-2-3-4-5-9-12-16(19)17(20)18-14-13-15-10-7-6-8-11-15/h6-8,10-11H,2-5,9,12-14H2,1H3,(H,18,20). The summed E-state index contributed by atoms with van der Waals surface area (Å²) in [6, 6.07) is 9.94. The normalized spacial score (nSPS) is 10.2. The summed E-state index contributed by atoms with van der Waals surface area (Å²) in [5, 5.41) is 2.69. The lowest BCUT2D eigenvalue weighted by atomic mass is 10.1. The molecule has 1 amide bonds. The Morgan fingerprint density at radius 2 is 1.70 bits per heavy atom. The van der Waals surface area contributed by atoms with E-state index >= 15 is 0 Å². The van der Waals surface area contributed by atoms with E-state index < -0.39 is 5.91 Å². The van der Waals surface area contributed by atoms with Crippen molar-refractivity contribution in [2.45, 2.75) is 51.9 Å². The topological polar surface area (TPSA) is 46.2 Å². The second-order valence-corrected chi connectivity index (χ2v) is 5.08. The molecule has 0 aliphatic carbocycles. The maximum absolute atomic E-state index is 11.6. The molecule has 1 aromatic carbocycles. The highest BCUT2D eigenvalue weighted by atomic mass is 16.2.